The third-order valence-electron chi connectivity index (χ3n) is 4.41. The second kappa shape index (κ2) is 11.4. The number of para-hydroxylation sites is 1. The van der Waals surface area contributed by atoms with Crippen molar-refractivity contribution in [3.05, 3.63) is 83.8 Å². The molecule has 3 aromatic rings. The number of hydrogen-bond acceptors (Lipinski definition) is 4. The van der Waals surface area contributed by atoms with E-state index in [1.165, 1.54) is 5.57 Å². The minimum absolute atomic E-state index is 0.592. The van der Waals surface area contributed by atoms with Gasteiger partial charge in [0.05, 0.1) is 0 Å². The third-order valence-corrected chi connectivity index (χ3v) is 4.41. The van der Waals surface area contributed by atoms with Crippen LogP contribution in [0, 0.1) is 0 Å². The zero-order valence-electron chi connectivity index (χ0n) is 17.2. The number of rotatable bonds is 7. The van der Waals surface area contributed by atoms with E-state index in [-0.39, 0.29) is 0 Å². The Morgan fingerprint density at radius 1 is 1.17 bits per heavy atom. The largest absolute Gasteiger partial charge is 0.461 e. The Labute approximate surface area is 172 Å². The van der Waals surface area contributed by atoms with Gasteiger partial charge in [0.15, 0.2) is 0 Å². The van der Waals surface area contributed by atoms with Crippen LogP contribution >= 0.6 is 0 Å². The molecular formula is C24H29N3O2. The minimum atomic E-state index is 0.592. The van der Waals surface area contributed by atoms with Gasteiger partial charge in [0.1, 0.15) is 11.3 Å². The molecule has 0 saturated heterocycles. The number of allylic oxidation sites excluding steroid dienone is 3. The van der Waals surface area contributed by atoms with Crippen molar-refractivity contribution in [1.29, 1.82) is 0 Å². The molecule has 4 N–H and O–H groups in total. The van der Waals surface area contributed by atoms with E-state index in [1.54, 1.807) is 12.1 Å². The van der Waals surface area contributed by atoms with Crippen molar-refractivity contribution in [3.8, 4) is 0 Å². The topological polar surface area (TPSA) is 80.3 Å². The lowest BCUT2D eigenvalue weighted by atomic mass is 10.1. The number of furan rings is 1. The van der Waals surface area contributed by atoms with Gasteiger partial charge in [-0.2, -0.15) is 0 Å². The molecule has 152 valence electrons. The highest BCUT2D eigenvalue weighted by atomic mass is 16.3. The molecule has 0 atom stereocenters. The average molecular weight is 392 g/mol. The second-order valence-corrected chi connectivity index (χ2v) is 6.62. The number of hydrogen-bond donors (Lipinski definition) is 3. The van der Waals surface area contributed by atoms with Crippen molar-refractivity contribution in [1.82, 2.24) is 5.32 Å². The number of nitrogens with one attached hydrogen (secondary N) is 2. The maximum atomic E-state index is 10.5. The molecule has 0 aliphatic rings. The summed E-state index contributed by atoms with van der Waals surface area (Å²) in [5.74, 6) is 0.848. The molecule has 0 saturated carbocycles. The van der Waals surface area contributed by atoms with Crippen molar-refractivity contribution in [3.63, 3.8) is 0 Å². The summed E-state index contributed by atoms with van der Waals surface area (Å²) in [4.78, 5) is 10.5. The first-order valence-corrected chi connectivity index (χ1v) is 9.63. The Kier molecular flexibility index (Phi) is 8.57. The number of anilines is 2. The van der Waals surface area contributed by atoms with Gasteiger partial charge in [-0.05, 0) is 61.5 Å². The molecule has 3 rings (SSSR count). The van der Waals surface area contributed by atoms with Crippen LogP contribution < -0.4 is 16.4 Å². The van der Waals surface area contributed by atoms with Crippen molar-refractivity contribution < 1.29 is 9.21 Å². The van der Waals surface area contributed by atoms with Crippen LogP contribution in [0.2, 0.25) is 0 Å². The number of carbonyl (C=O) groups excluding carboxylic acids is 1. The van der Waals surface area contributed by atoms with Crippen molar-refractivity contribution in [2.24, 2.45) is 0 Å². The predicted molar refractivity (Wildman–Crippen MR) is 122 cm³/mol. The van der Waals surface area contributed by atoms with Crippen molar-refractivity contribution in [2.45, 2.75) is 26.7 Å². The lowest BCUT2D eigenvalue weighted by Crippen LogP contribution is -1.99. The van der Waals surface area contributed by atoms with Crippen LogP contribution in [0.25, 0.3) is 11.0 Å². The van der Waals surface area contributed by atoms with Crippen LogP contribution in [0.3, 0.4) is 0 Å². The first kappa shape index (κ1) is 21.8. The molecule has 0 spiro atoms. The fraction of sp³-hybridized carbons (Fsp3) is 0.208. The lowest BCUT2D eigenvalue weighted by Gasteiger charge is -2.06. The summed E-state index contributed by atoms with van der Waals surface area (Å²) in [7, 11) is 1.89. The number of nitrogen functional groups attached to an aromatic ring is 1. The van der Waals surface area contributed by atoms with E-state index < -0.39 is 0 Å². The van der Waals surface area contributed by atoms with E-state index in [9.17, 15) is 4.79 Å². The molecule has 1 aromatic heterocycles. The molecular weight excluding hydrogens is 362 g/mol. The van der Waals surface area contributed by atoms with Gasteiger partial charge in [0, 0.05) is 30.2 Å². The first-order valence-electron chi connectivity index (χ1n) is 9.63. The Bertz CT molecular complexity index is 954. The van der Waals surface area contributed by atoms with Crippen molar-refractivity contribution in [2.75, 3.05) is 18.1 Å². The standard InChI is InChI=1S/C16H14N2O2.C8H15N/c17-15-6-5-13(18-10-19)7-12(15)9-14-8-11-3-1-2-4-16(11)20-14;1-4-8(2)6-5-7-9-3/h1-8,10H,9,17H2,(H,18,19);5-7,9H,4H2,1-3H3/b;7-5-,8-6+. The van der Waals surface area contributed by atoms with Crippen LogP contribution in [0.4, 0.5) is 11.4 Å². The van der Waals surface area contributed by atoms with E-state index >= 15 is 0 Å². The number of amides is 1. The molecule has 2 aromatic carbocycles. The van der Waals surface area contributed by atoms with Gasteiger partial charge < -0.3 is 20.8 Å². The van der Waals surface area contributed by atoms with Crippen LogP contribution in [-0.4, -0.2) is 13.5 Å². The van der Waals surface area contributed by atoms with E-state index in [4.69, 9.17) is 10.2 Å². The summed E-state index contributed by atoms with van der Waals surface area (Å²) in [6.07, 6.45) is 8.41. The zero-order valence-corrected chi connectivity index (χ0v) is 17.2. The number of carbonyl (C=O) groups is 1. The van der Waals surface area contributed by atoms with Crippen LogP contribution in [0.1, 0.15) is 31.6 Å². The molecule has 0 aliphatic heterocycles. The molecule has 29 heavy (non-hydrogen) atoms. The fourth-order valence-corrected chi connectivity index (χ4v) is 2.65. The van der Waals surface area contributed by atoms with E-state index in [1.807, 2.05) is 55.7 Å². The van der Waals surface area contributed by atoms with Gasteiger partial charge in [-0.15, -0.1) is 0 Å². The van der Waals surface area contributed by atoms with Gasteiger partial charge in [0.25, 0.3) is 0 Å². The molecule has 1 amide bonds. The molecule has 5 nitrogen and oxygen atoms in total. The monoisotopic (exact) mass is 391 g/mol. The van der Waals surface area contributed by atoms with E-state index in [2.05, 4.69) is 30.6 Å². The van der Waals surface area contributed by atoms with Gasteiger partial charge in [-0.1, -0.05) is 36.8 Å². The maximum absolute atomic E-state index is 10.5. The molecule has 0 bridgehead atoms. The van der Waals surface area contributed by atoms with E-state index in [0.29, 0.717) is 18.5 Å². The molecule has 0 unspecified atom stereocenters. The molecule has 0 fully saturated rings. The molecule has 5 heteroatoms. The quantitative estimate of drug-likeness (QED) is 0.292. The van der Waals surface area contributed by atoms with Crippen molar-refractivity contribution >= 4 is 28.8 Å². The third kappa shape index (κ3) is 6.88. The average Bonchev–Trinajstić information content (AvgIpc) is 3.13. The lowest BCUT2D eigenvalue weighted by molar-refractivity contribution is -0.105. The highest BCUT2D eigenvalue weighted by molar-refractivity contribution is 5.78. The predicted octanol–water partition coefficient (Wildman–Crippen LogP) is 5.25. The Hall–Kier alpha value is -3.47. The minimum Gasteiger partial charge on any atom is -0.461 e. The summed E-state index contributed by atoms with van der Waals surface area (Å²) in [6.45, 7) is 4.28. The Morgan fingerprint density at radius 2 is 1.97 bits per heavy atom. The maximum Gasteiger partial charge on any atom is 0.211 e. The number of fused-ring (bicyclic) bond motifs is 1. The van der Waals surface area contributed by atoms with Gasteiger partial charge in [-0.3, -0.25) is 4.79 Å². The molecule has 0 aliphatic carbocycles. The summed E-state index contributed by atoms with van der Waals surface area (Å²) < 4.78 is 5.78. The number of benzene rings is 2. The van der Waals surface area contributed by atoms with Crippen LogP contribution in [0.15, 0.2) is 76.9 Å². The highest BCUT2D eigenvalue weighted by Gasteiger charge is 2.07. The summed E-state index contributed by atoms with van der Waals surface area (Å²) >= 11 is 0. The summed E-state index contributed by atoms with van der Waals surface area (Å²) in [5.41, 5.74) is 10.6. The molecule has 1 heterocycles. The van der Waals surface area contributed by atoms with Gasteiger partial charge in [-0.25, -0.2) is 0 Å². The first-order chi connectivity index (χ1) is 14.1. The second-order valence-electron chi connectivity index (χ2n) is 6.62. The normalized spacial score (nSPS) is 11.2. The number of nitrogens with two attached hydrogens (primary N) is 1. The Balaban J connectivity index is 0.000000284. The smallest absolute Gasteiger partial charge is 0.211 e. The fourth-order valence-electron chi connectivity index (χ4n) is 2.65. The Morgan fingerprint density at radius 3 is 2.66 bits per heavy atom. The zero-order chi connectivity index (χ0) is 21.1. The highest BCUT2D eigenvalue weighted by Crippen LogP contribution is 2.25. The van der Waals surface area contributed by atoms with Crippen LogP contribution in [0.5, 0.6) is 0 Å². The summed E-state index contributed by atoms with van der Waals surface area (Å²) in [6, 6.07) is 15.3. The van der Waals surface area contributed by atoms with Gasteiger partial charge in [0.2, 0.25) is 6.41 Å². The van der Waals surface area contributed by atoms with Gasteiger partial charge >= 0.3 is 0 Å². The summed E-state index contributed by atoms with van der Waals surface area (Å²) in [5, 5.41) is 6.62. The van der Waals surface area contributed by atoms with Crippen LogP contribution in [-0.2, 0) is 11.2 Å². The molecule has 0 radical (unpaired) electrons. The SMILES string of the molecule is CC/C(C)=C/C=C\NC.Nc1ccc(NC=O)cc1Cc1cc2ccccc2o1. The van der Waals surface area contributed by atoms with E-state index in [0.717, 1.165) is 34.4 Å².